The smallest absolute Gasteiger partial charge is 0.251 e. The monoisotopic (exact) mass is 307 g/mol. The molecule has 1 aromatic heterocycles. The van der Waals surface area contributed by atoms with Crippen LogP contribution in [0.15, 0.2) is 36.7 Å². The highest BCUT2D eigenvalue weighted by Crippen LogP contribution is 2.18. The van der Waals surface area contributed by atoms with Gasteiger partial charge < -0.3 is 10.6 Å². The van der Waals surface area contributed by atoms with Crippen molar-refractivity contribution >= 4 is 23.2 Å². The zero-order valence-electron chi connectivity index (χ0n) is 11.5. The summed E-state index contributed by atoms with van der Waals surface area (Å²) in [4.78, 5) is 15.7. The van der Waals surface area contributed by atoms with Gasteiger partial charge in [-0.1, -0.05) is 17.7 Å². The van der Waals surface area contributed by atoms with Crippen LogP contribution < -0.4 is 10.6 Å². The van der Waals surface area contributed by atoms with Gasteiger partial charge in [-0.25, -0.2) is 4.39 Å². The SMILES string of the molecule is Cc1ccc(C(=O)NCCNc2ccncc2Cl)cc1F. The molecule has 110 valence electrons. The molecule has 1 amide bonds. The highest BCUT2D eigenvalue weighted by atomic mass is 35.5. The third-order valence-corrected chi connectivity index (χ3v) is 3.23. The van der Waals surface area contributed by atoms with Crippen LogP contribution >= 0.6 is 11.6 Å². The largest absolute Gasteiger partial charge is 0.382 e. The number of nitrogens with zero attached hydrogens (tertiary/aromatic N) is 1. The maximum Gasteiger partial charge on any atom is 0.251 e. The van der Waals surface area contributed by atoms with E-state index in [-0.39, 0.29) is 11.7 Å². The van der Waals surface area contributed by atoms with Crippen molar-refractivity contribution in [2.45, 2.75) is 6.92 Å². The van der Waals surface area contributed by atoms with E-state index in [4.69, 9.17) is 11.6 Å². The van der Waals surface area contributed by atoms with Crippen molar-refractivity contribution in [1.29, 1.82) is 0 Å². The Labute approximate surface area is 127 Å². The molecule has 0 aliphatic heterocycles. The number of carbonyl (C=O) groups excluding carboxylic acids is 1. The fourth-order valence-corrected chi connectivity index (χ4v) is 1.91. The summed E-state index contributed by atoms with van der Waals surface area (Å²) >= 11 is 5.94. The normalized spacial score (nSPS) is 10.2. The Morgan fingerprint density at radius 3 is 2.86 bits per heavy atom. The van der Waals surface area contributed by atoms with Crippen molar-refractivity contribution in [2.24, 2.45) is 0 Å². The predicted molar refractivity (Wildman–Crippen MR) is 81.2 cm³/mol. The number of rotatable bonds is 5. The van der Waals surface area contributed by atoms with E-state index in [0.717, 1.165) is 5.69 Å². The first-order valence-corrected chi connectivity index (χ1v) is 6.83. The number of halogens is 2. The van der Waals surface area contributed by atoms with E-state index in [1.54, 1.807) is 31.3 Å². The fourth-order valence-electron chi connectivity index (χ4n) is 1.73. The molecule has 0 fully saturated rings. The molecule has 1 heterocycles. The van der Waals surface area contributed by atoms with Crippen LogP contribution in [0.2, 0.25) is 5.02 Å². The molecular formula is C15H15ClFN3O. The summed E-state index contributed by atoms with van der Waals surface area (Å²) in [5, 5.41) is 6.31. The van der Waals surface area contributed by atoms with Crippen LogP contribution in [0.25, 0.3) is 0 Å². The molecule has 6 heteroatoms. The predicted octanol–water partition coefficient (Wildman–Crippen LogP) is 3.02. The van der Waals surface area contributed by atoms with Gasteiger partial charge in [-0.15, -0.1) is 0 Å². The number of benzene rings is 1. The maximum atomic E-state index is 13.4. The quantitative estimate of drug-likeness (QED) is 0.835. The molecule has 2 aromatic rings. The maximum absolute atomic E-state index is 13.4. The summed E-state index contributed by atoms with van der Waals surface area (Å²) in [5.74, 6) is -0.694. The number of hydrogen-bond donors (Lipinski definition) is 2. The van der Waals surface area contributed by atoms with Gasteiger partial charge >= 0.3 is 0 Å². The first-order valence-electron chi connectivity index (χ1n) is 6.45. The number of hydrogen-bond acceptors (Lipinski definition) is 3. The molecule has 4 nitrogen and oxygen atoms in total. The average molecular weight is 308 g/mol. The second-order valence-corrected chi connectivity index (χ2v) is 4.91. The van der Waals surface area contributed by atoms with Crippen LogP contribution in [0.1, 0.15) is 15.9 Å². The Kier molecular flexibility index (Phi) is 5.11. The van der Waals surface area contributed by atoms with E-state index in [1.807, 2.05) is 0 Å². The molecule has 0 saturated carbocycles. The molecule has 0 spiro atoms. The highest BCUT2D eigenvalue weighted by Gasteiger charge is 2.07. The van der Waals surface area contributed by atoms with Gasteiger partial charge in [0.25, 0.3) is 5.91 Å². The Morgan fingerprint density at radius 1 is 1.33 bits per heavy atom. The molecule has 0 unspecified atom stereocenters. The second-order valence-electron chi connectivity index (χ2n) is 4.50. The van der Waals surface area contributed by atoms with Gasteiger partial charge in [0, 0.05) is 31.0 Å². The minimum absolute atomic E-state index is 0.306. The second kappa shape index (κ2) is 7.04. The van der Waals surface area contributed by atoms with Gasteiger partial charge in [-0.2, -0.15) is 0 Å². The first kappa shape index (κ1) is 15.3. The summed E-state index contributed by atoms with van der Waals surface area (Å²) in [6, 6.07) is 6.16. The van der Waals surface area contributed by atoms with Crippen LogP contribution in [0.5, 0.6) is 0 Å². The van der Waals surface area contributed by atoms with Crippen LogP contribution in [-0.2, 0) is 0 Å². The summed E-state index contributed by atoms with van der Waals surface area (Å²) in [6.45, 7) is 2.55. The van der Waals surface area contributed by atoms with Crippen LogP contribution in [0.3, 0.4) is 0 Å². The van der Waals surface area contributed by atoms with Gasteiger partial charge in [-0.05, 0) is 30.7 Å². The highest BCUT2D eigenvalue weighted by molar-refractivity contribution is 6.33. The van der Waals surface area contributed by atoms with Crippen molar-refractivity contribution in [1.82, 2.24) is 10.3 Å². The lowest BCUT2D eigenvalue weighted by atomic mass is 10.1. The fraction of sp³-hybridized carbons (Fsp3) is 0.200. The molecular weight excluding hydrogens is 293 g/mol. The van der Waals surface area contributed by atoms with E-state index in [9.17, 15) is 9.18 Å². The summed E-state index contributed by atoms with van der Waals surface area (Å²) in [6.07, 6.45) is 3.17. The third kappa shape index (κ3) is 4.16. The molecule has 0 bridgehead atoms. The zero-order chi connectivity index (χ0) is 15.2. The molecule has 0 atom stereocenters. The van der Waals surface area contributed by atoms with E-state index in [1.165, 1.54) is 12.3 Å². The van der Waals surface area contributed by atoms with Crippen molar-refractivity contribution in [2.75, 3.05) is 18.4 Å². The molecule has 0 saturated heterocycles. The number of aromatic nitrogens is 1. The third-order valence-electron chi connectivity index (χ3n) is 2.93. The van der Waals surface area contributed by atoms with E-state index in [0.29, 0.717) is 29.2 Å². The minimum atomic E-state index is -0.385. The minimum Gasteiger partial charge on any atom is -0.382 e. The lowest BCUT2D eigenvalue weighted by molar-refractivity contribution is 0.0954. The van der Waals surface area contributed by atoms with Crippen molar-refractivity contribution in [3.63, 3.8) is 0 Å². The number of pyridine rings is 1. The Bertz CT molecular complexity index is 649. The molecule has 0 aliphatic carbocycles. The first-order chi connectivity index (χ1) is 10.1. The number of amides is 1. The average Bonchev–Trinajstić information content (AvgIpc) is 2.48. The van der Waals surface area contributed by atoms with Crippen LogP contribution in [0.4, 0.5) is 10.1 Å². The van der Waals surface area contributed by atoms with Gasteiger partial charge in [0.2, 0.25) is 0 Å². The van der Waals surface area contributed by atoms with Crippen molar-refractivity contribution in [3.8, 4) is 0 Å². The number of anilines is 1. The summed E-state index contributed by atoms with van der Waals surface area (Å²) in [5.41, 5.74) is 1.57. The van der Waals surface area contributed by atoms with E-state index >= 15 is 0 Å². The Hall–Kier alpha value is -2.14. The van der Waals surface area contributed by atoms with Crippen molar-refractivity contribution in [3.05, 3.63) is 58.6 Å². The molecule has 0 aliphatic rings. The van der Waals surface area contributed by atoms with Gasteiger partial charge in [0.05, 0.1) is 10.7 Å². The Morgan fingerprint density at radius 2 is 2.14 bits per heavy atom. The molecule has 2 N–H and O–H groups in total. The summed E-state index contributed by atoms with van der Waals surface area (Å²) < 4.78 is 13.4. The summed E-state index contributed by atoms with van der Waals surface area (Å²) in [7, 11) is 0. The molecule has 2 rings (SSSR count). The van der Waals surface area contributed by atoms with Gasteiger partial charge in [0.15, 0.2) is 0 Å². The van der Waals surface area contributed by atoms with E-state index in [2.05, 4.69) is 15.6 Å². The lowest BCUT2D eigenvalue weighted by Gasteiger charge is -2.09. The van der Waals surface area contributed by atoms with E-state index < -0.39 is 0 Å². The number of aryl methyl sites for hydroxylation is 1. The van der Waals surface area contributed by atoms with Gasteiger partial charge in [0.1, 0.15) is 5.82 Å². The molecule has 0 radical (unpaired) electrons. The van der Waals surface area contributed by atoms with Crippen LogP contribution in [-0.4, -0.2) is 24.0 Å². The number of nitrogens with one attached hydrogen (secondary N) is 2. The van der Waals surface area contributed by atoms with Crippen LogP contribution in [0, 0.1) is 12.7 Å². The molecule has 1 aromatic carbocycles. The van der Waals surface area contributed by atoms with Gasteiger partial charge in [-0.3, -0.25) is 9.78 Å². The van der Waals surface area contributed by atoms with Crippen molar-refractivity contribution < 1.29 is 9.18 Å². The molecule has 21 heavy (non-hydrogen) atoms. The lowest BCUT2D eigenvalue weighted by Crippen LogP contribution is -2.28. The number of carbonyl (C=O) groups is 1. The zero-order valence-corrected chi connectivity index (χ0v) is 12.2. The standard InChI is InChI=1S/C15H15ClFN3O/c1-10-2-3-11(8-13(10)17)15(21)20-7-6-19-14-4-5-18-9-12(14)16/h2-5,8-9H,6-7H2,1H3,(H,18,19)(H,20,21). The topological polar surface area (TPSA) is 54.0 Å². The Balaban J connectivity index is 1.82.